The molecular weight excluding hydrogens is 234 g/mol. The minimum absolute atomic E-state index is 0.0479. The molecule has 0 amide bonds. The summed E-state index contributed by atoms with van der Waals surface area (Å²) in [5.74, 6) is 0. The van der Waals surface area contributed by atoms with Crippen LogP contribution in [-0.2, 0) is 15.3 Å². The van der Waals surface area contributed by atoms with Crippen molar-refractivity contribution < 1.29 is 8.42 Å². The summed E-state index contributed by atoms with van der Waals surface area (Å²) in [7, 11) is -3.14. The van der Waals surface area contributed by atoms with Crippen LogP contribution in [0.25, 0.3) is 0 Å². The van der Waals surface area contributed by atoms with Gasteiger partial charge in [0.05, 0.1) is 4.90 Å². The molecule has 3 nitrogen and oxygen atoms in total. The predicted octanol–water partition coefficient (Wildman–Crippen LogP) is 1.86. The molecule has 0 heterocycles. The van der Waals surface area contributed by atoms with Gasteiger partial charge in [-0.1, -0.05) is 12.1 Å². The van der Waals surface area contributed by atoms with E-state index in [4.69, 9.17) is 5.73 Å². The Kier molecular flexibility index (Phi) is 2.64. The van der Waals surface area contributed by atoms with Crippen LogP contribution in [0.4, 0.5) is 0 Å². The highest BCUT2D eigenvalue weighted by atomic mass is 32.2. The Morgan fingerprint density at radius 3 is 2.29 bits per heavy atom. The minimum Gasteiger partial charge on any atom is -0.325 e. The third kappa shape index (κ3) is 2.11. The van der Waals surface area contributed by atoms with Crippen molar-refractivity contribution in [2.45, 2.75) is 42.5 Å². The molecule has 94 valence electrons. The molecule has 1 aromatic carbocycles. The molecule has 0 atom stereocenters. The number of sulfone groups is 1. The molecule has 0 spiro atoms. The van der Waals surface area contributed by atoms with Crippen LogP contribution in [0, 0.1) is 0 Å². The molecule has 0 saturated heterocycles. The van der Waals surface area contributed by atoms with Gasteiger partial charge in [0.15, 0.2) is 9.84 Å². The Morgan fingerprint density at radius 1 is 1.29 bits per heavy atom. The first-order valence-electron chi connectivity index (χ1n) is 5.76. The van der Waals surface area contributed by atoms with Gasteiger partial charge in [-0.05, 0) is 44.4 Å². The molecule has 2 N–H and O–H groups in total. The van der Waals surface area contributed by atoms with Gasteiger partial charge in [-0.3, -0.25) is 0 Å². The molecule has 4 heteroatoms. The summed E-state index contributed by atoms with van der Waals surface area (Å²) in [6, 6.07) is 7.20. The first kappa shape index (κ1) is 12.6. The van der Waals surface area contributed by atoms with Crippen molar-refractivity contribution in [2.24, 2.45) is 5.73 Å². The maximum atomic E-state index is 11.6. The van der Waals surface area contributed by atoms with Gasteiger partial charge >= 0.3 is 0 Å². The molecule has 0 unspecified atom stereocenters. The summed E-state index contributed by atoms with van der Waals surface area (Å²) < 4.78 is 23.1. The van der Waals surface area contributed by atoms with Gasteiger partial charge in [0.2, 0.25) is 0 Å². The van der Waals surface area contributed by atoms with E-state index in [1.165, 1.54) is 6.26 Å². The Bertz CT molecular complexity index is 537. The molecule has 1 saturated carbocycles. The average molecular weight is 253 g/mol. The third-order valence-electron chi connectivity index (χ3n) is 3.80. The van der Waals surface area contributed by atoms with E-state index in [1.807, 2.05) is 19.9 Å². The van der Waals surface area contributed by atoms with E-state index in [1.54, 1.807) is 18.2 Å². The van der Waals surface area contributed by atoms with Crippen molar-refractivity contribution in [1.82, 2.24) is 0 Å². The minimum atomic E-state index is -3.14. The number of benzene rings is 1. The first-order chi connectivity index (χ1) is 7.67. The monoisotopic (exact) mass is 253 g/mol. The lowest BCUT2D eigenvalue weighted by molar-refractivity contribution is 0.391. The predicted molar refractivity (Wildman–Crippen MR) is 68.7 cm³/mol. The summed E-state index contributed by atoms with van der Waals surface area (Å²) in [4.78, 5) is 0.380. The van der Waals surface area contributed by atoms with Gasteiger partial charge in [-0.2, -0.15) is 0 Å². The fourth-order valence-electron chi connectivity index (χ4n) is 2.45. The van der Waals surface area contributed by atoms with Gasteiger partial charge < -0.3 is 5.73 Å². The van der Waals surface area contributed by atoms with Gasteiger partial charge in [0.25, 0.3) is 0 Å². The van der Waals surface area contributed by atoms with E-state index in [2.05, 4.69) is 0 Å². The van der Waals surface area contributed by atoms with E-state index in [9.17, 15) is 8.42 Å². The number of rotatable bonds is 3. The van der Waals surface area contributed by atoms with Crippen LogP contribution in [0.1, 0.15) is 32.3 Å². The normalized spacial score (nSPS) is 19.1. The first-order valence-corrected chi connectivity index (χ1v) is 7.65. The van der Waals surface area contributed by atoms with Crippen LogP contribution in [0.2, 0.25) is 0 Å². The van der Waals surface area contributed by atoms with Crippen molar-refractivity contribution >= 4 is 9.84 Å². The van der Waals surface area contributed by atoms with E-state index < -0.39 is 9.84 Å². The van der Waals surface area contributed by atoms with Crippen LogP contribution >= 0.6 is 0 Å². The second-order valence-electron chi connectivity index (χ2n) is 5.60. The van der Waals surface area contributed by atoms with Crippen LogP contribution in [0.3, 0.4) is 0 Å². The van der Waals surface area contributed by atoms with Gasteiger partial charge in [-0.25, -0.2) is 8.42 Å². The summed E-state index contributed by atoms with van der Waals surface area (Å²) in [6.45, 7) is 4.01. The lowest BCUT2D eigenvalue weighted by Crippen LogP contribution is -2.45. The van der Waals surface area contributed by atoms with Crippen molar-refractivity contribution in [2.75, 3.05) is 6.26 Å². The lowest BCUT2D eigenvalue weighted by Gasteiger charge is -2.31. The Labute approximate surface area is 103 Å². The molecule has 1 aromatic rings. The summed E-state index contributed by atoms with van der Waals surface area (Å²) >= 11 is 0. The molecule has 1 fully saturated rings. The lowest BCUT2D eigenvalue weighted by atomic mass is 9.79. The van der Waals surface area contributed by atoms with Crippen molar-refractivity contribution in [1.29, 1.82) is 0 Å². The van der Waals surface area contributed by atoms with Crippen LogP contribution in [-0.4, -0.2) is 20.2 Å². The maximum Gasteiger partial charge on any atom is 0.175 e. The SMILES string of the molecule is CC(C)(N)C1(c2cccc(S(C)(=O)=O)c2)CC1. The highest BCUT2D eigenvalue weighted by Crippen LogP contribution is 2.54. The second-order valence-corrected chi connectivity index (χ2v) is 7.62. The number of hydrogen-bond donors (Lipinski definition) is 1. The summed E-state index contributed by atoms with van der Waals surface area (Å²) in [5, 5.41) is 0. The standard InChI is InChI=1S/C13H19NO2S/c1-12(2,14)13(7-8-13)10-5-4-6-11(9-10)17(3,15)16/h4-6,9H,7-8,14H2,1-3H3. The third-order valence-corrected chi connectivity index (χ3v) is 4.91. The Morgan fingerprint density at radius 2 is 1.88 bits per heavy atom. The summed E-state index contributed by atoms with van der Waals surface area (Å²) in [6.07, 6.45) is 3.30. The zero-order valence-electron chi connectivity index (χ0n) is 10.5. The van der Waals surface area contributed by atoms with Crippen molar-refractivity contribution in [3.63, 3.8) is 0 Å². The van der Waals surface area contributed by atoms with Crippen LogP contribution < -0.4 is 5.73 Å². The van der Waals surface area contributed by atoms with E-state index in [0.29, 0.717) is 4.90 Å². The van der Waals surface area contributed by atoms with Crippen LogP contribution in [0.15, 0.2) is 29.2 Å². The summed E-state index contributed by atoms with van der Waals surface area (Å²) in [5.41, 5.74) is 6.90. The van der Waals surface area contributed by atoms with E-state index >= 15 is 0 Å². The fourth-order valence-corrected chi connectivity index (χ4v) is 3.12. The number of hydrogen-bond acceptors (Lipinski definition) is 3. The molecular formula is C13H19NO2S. The van der Waals surface area contributed by atoms with Crippen molar-refractivity contribution in [3.05, 3.63) is 29.8 Å². The molecule has 0 aliphatic heterocycles. The largest absolute Gasteiger partial charge is 0.325 e. The van der Waals surface area contributed by atoms with E-state index in [0.717, 1.165) is 18.4 Å². The second kappa shape index (κ2) is 3.56. The van der Waals surface area contributed by atoms with Gasteiger partial charge in [-0.15, -0.1) is 0 Å². The highest BCUT2D eigenvalue weighted by molar-refractivity contribution is 7.90. The molecule has 17 heavy (non-hydrogen) atoms. The molecule has 1 aliphatic carbocycles. The molecule has 0 bridgehead atoms. The Hall–Kier alpha value is -0.870. The van der Waals surface area contributed by atoms with E-state index in [-0.39, 0.29) is 11.0 Å². The zero-order valence-corrected chi connectivity index (χ0v) is 11.3. The molecule has 0 radical (unpaired) electrons. The van der Waals surface area contributed by atoms with Crippen molar-refractivity contribution in [3.8, 4) is 0 Å². The average Bonchev–Trinajstić information content (AvgIpc) is 2.96. The topological polar surface area (TPSA) is 60.2 Å². The van der Waals surface area contributed by atoms with Crippen LogP contribution in [0.5, 0.6) is 0 Å². The fraction of sp³-hybridized carbons (Fsp3) is 0.538. The smallest absolute Gasteiger partial charge is 0.175 e. The Balaban J connectivity index is 2.49. The zero-order chi connectivity index (χ0) is 12.9. The van der Waals surface area contributed by atoms with Gasteiger partial charge in [0, 0.05) is 17.2 Å². The quantitative estimate of drug-likeness (QED) is 0.894. The number of nitrogens with two attached hydrogens (primary N) is 1. The highest BCUT2D eigenvalue weighted by Gasteiger charge is 2.53. The molecule has 2 rings (SSSR count). The molecule has 0 aromatic heterocycles. The molecule has 1 aliphatic rings. The van der Waals surface area contributed by atoms with Gasteiger partial charge in [0.1, 0.15) is 0 Å². The maximum absolute atomic E-state index is 11.6.